The molecule has 2 aromatic carbocycles. The second-order valence-corrected chi connectivity index (χ2v) is 6.36. The van der Waals surface area contributed by atoms with Crippen molar-refractivity contribution in [3.8, 4) is 0 Å². The first kappa shape index (κ1) is 15.4. The van der Waals surface area contributed by atoms with Crippen molar-refractivity contribution in [3.05, 3.63) is 71.3 Å². The van der Waals surface area contributed by atoms with Gasteiger partial charge in [-0.25, -0.2) is 4.79 Å². The maximum Gasteiger partial charge on any atom is 0.339 e. The maximum absolute atomic E-state index is 12.6. The summed E-state index contributed by atoms with van der Waals surface area (Å²) in [7, 11) is 0. The number of benzene rings is 2. The number of hydrogen-bond donors (Lipinski definition) is 0. The van der Waals surface area contributed by atoms with Gasteiger partial charge in [0, 0.05) is 24.2 Å². The predicted molar refractivity (Wildman–Crippen MR) is 90.9 cm³/mol. The van der Waals surface area contributed by atoms with E-state index in [1.165, 1.54) is 0 Å². The number of cyclic esters (lactones) is 1. The Kier molecular flexibility index (Phi) is 3.87. The van der Waals surface area contributed by atoms with Crippen molar-refractivity contribution in [2.24, 2.45) is 0 Å². The van der Waals surface area contributed by atoms with E-state index in [0.717, 1.165) is 24.2 Å². The Balaban J connectivity index is 1.87. The number of fused-ring (bicyclic) bond motifs is 1. The highest BCUT2D eigenvalue weighted by atomic mass is 16.6. The second kappa shape index (κ2) is 6.04. The van der Waals surface area contributed by atoms with Gasteiger partial charge in [0.1, 0.15) is 0 Å². The summed E-state index contributed by atoms with van der Waals surface area (Å²) in [6, 6.07) is 17.8. The summed E-state index contributed by atoms with van der Waals surface area (Å²) in [5.74, 6) is -0.241. The molecule has 2 aliphatic heterocycles. The average Bonchev–Trinajstić information content (AvgIpc) is 2.97. The zero-order valence-electron chi connectivity index (χ0n) is 13.8. The number of carbonyl (C=O) groups excluding carboxylic acids is 1. The summed E-state index contributed by atoms with van der Waals surface area (Å²) in [5.41, 5.74) is 1.87. The van der Waals surface area contributed by atoms with Crippen LogP contribution in [0.2, 0.25) is 0 Å². The maximum atomic E-state index is 12.6. The van der Waals surface area contributed by atoms with E-state index in [0.29, 0.717) is 18.8 Å². The number of carbonyl (C=O) groups is 1. The minimum atomic E-state index is -0.772. The van der Waals surface area contributed by atoms with Gasteiger partial charge in [0.05, 0.1) is 24.8 Å². The molecule has 0 N–H and O–H groups in total. The molecular formula is C20H21NO3. The topological polar surface area (TPSA) is 38.8 Å². The van der Waals surface area contributed by atoms with Gasteiger partial charge in [0.2, 0.25) is 0 Å². The normalized spacial score (nSPS) is 25.1. The fraction of sp³-hybridized carbons (Fsp3) is 0.350. The molecule has 0 aliphatic carbocycles. The van der Waals surface area contributed by atoms with Crippen molar-refractivity contribution < 1.29 is 14.3 Å². The first-order chi connectivity index (χ1) is 11.7. The van der Waals surface area contributed by atoms with Crippen LogP contribution in [0.15, 0.2) is 54.6 Å². The Morgan fingerprint density at radius 1 is 1.00 bits per heavy atom. The fourth-order valence-electron chi connectivity index (χ4n) is 3.91. The Labute approximate surface area is 142 Å². The molecule has 2 atom stereocenters. The smallest absolute Gasteiger partial charge is 0.339 e. The van der Waals surface area contributed by atoms with Crippen molar-refractivity contribution in [2.75, 3.05) is 26.3 Å². The number of rotatable bonds is 3. The van der Waals surface area contributed by atoms with Crippen LogP contribution >= 0.6 is 0 Å². The zero-order chi connectivity index (χ0) is 16.6. The molecule has 0 radical (unpaired) electrons. The number of nitrogens with zero attached hydrogens (tertiary/aromatic N) is 1. The van der Waals surface area contributed by atoms with Gasteiger partial charge in [-0.1, -0.05) is 48.5 Å². The third-order valence-corrected chi connectivity index (χ3v) is 5.19. The van der Waals surface area contributed by atoms with Crippen LogP contribution in [0.4, 0.5) is 0 Å². The Morgan fingerprint density at radius 2 is 1.67 bits per heavy atom. The predicted octanol–water partition coefficient (Wildman–Crippen LogP) is 2.82. The number of morpholine rings is 1. The highest BCUT2D eigenvalue weighted by Crippen LogP contribution is 2.46. The van der Waals surface area contributed by atoms with Crippen LogP contribution in [0, 0.1) is 0 Å². The van der Waals surface area contributed by atoms with E-state index < -0.39 is 5.60 Å². The SMILES string of the molecule is C[C@H](N1CCOCC1)[C@@]1(c2ccccc2)OC(=O)c2ccccc21. The van der Waals surface area contributed by atoms with Gasteiger partial charge >= 0.3 is 5.97 Å². The third-order valence-electron chi connectivity index (χ3n) is 5.19. The summed E-state index contributed by atoms with van der Waals surface area (Å²) in [4.78, 5) is 14.9. The summed E-state index contributed by atoms with van der Waals surface area (Å²) in [6.07, 6.45) is 0. The number of esters is 1. The van der Waals surface area contributed by atoms with Gasteiger partial charge < -0.3 is 9.47 Å². The third kappa shape index (κ3) is 2.26. The van der Waals surface area contributed by atoms with Crippen LogP contribution < -0.4 is 0 Å². The lowest BCUT2D eigenvalue weighted by atomic mass is 9.79. The molecular weight excluding hydrogens is 302 g/mol. The van der Waals surface area contributed by atoms with E-state index in [-0.39, 0.29) is 12.0 Å². The number of hydrogen-bond acceptors (Lipinski definition) is 4. The minimum Gasteiger partial charge on any atom is -0.444 e. The molecule has 1 fully saturated rings. The van der Waals surface area contributed by atoms with E-state index in [1.807, 2.05) is 54.6 Å². The first-order valence-electron chi connectivity index (χ1n) is 8.43. The van der Waals surface area contributed by atoms with E-state index in [4.69, 9.17) is 9.47 Å². The lowest BCUT2D eigenvalue weighted by Gasteiger charge is -2.43. The second-order valence-electron chi connectivity index (χ2n) is 6.36. The Bertz CT molecular complexity index is 740. The standard InChI is InChI=1S/C20H21NO3/c1-15(21-11-13-23-14-12-21)20(16-7-3-2-4-8-16)18-10-6-5-9-17(18)19(22)24-20/h2-10,15H,11-14H2,1H3/t15-,20-/m0/s1. The van der Waals surface area contributed by atoms with Crippen molar-refractivity contribution in [3.63, 3.8) is 0 Å². The van der Waals surface area contributed by atoms with Crippen LogP contribution in [0.5, 0.6) is 0 Å². The van der Waals surface area contributed by atoms with Crippen LogP contribution in [-0.4, -0.2) is 43.2 Å². The largest absolute Gasteiger partial charge is 0.444 e. The summed E-state index contributed by atoms with van der Waals surface area (Å²) < 4.78 is 11.6. The highest BCUT2D eigenvalue weighted by molar-refractivity contribution is 5.95. The minimum absolute atomic E-state index is 0.0244. The lowest BCUT2D eigenvalue weighted by molar-refractivity contribution is -0.0596. The molecule has 0 aromatic heterocycles. The molecule has 2 heterocycles. The molecule has 124 valence electrons. The van der Waals surface area contributed by atoms with Crippen molar-refractivity contribution in [2.45, 2.75) is 18.6 Å². The molecule has 1 saturated heterocycles. The van der Waals surface area contributed by atoms with E-state index in [9.17, 15) is 4.79 Å². The molecule has 4 rings (SSSR count). The summed E-state index contributed by atoms with van der Waals surface area (Å²) >= 11 is 0. The van der Waals surface area contributed by atoms with Gasteiger partial charge in [-0.2, -0.15) is 0 Å². The highest BCUT2D eigenvalue weighted by Gasteiger charge is 2.52. The van der Waals surface area contributed by atoms with E-state index in [1.54, 1.807) is 0 Å². The van der Waals surface area contributed by atoms with E-state index in [2.05, 4.69) is 11.8 Å². The van der Waals surface area contributed by atoms with Gasteiger partial charge in [-0.15, -0.1) is 0 Å². The lowest BCUT2D eigenvalue weighted by Crippen LogP contribution is -2.53. The Morgan fingerprint density at radius 3 is 2.42 bits per heavy atom. The summed E-state index contributed by atoms with van der Waals surface area (Å²) in [6.45, 7) is 5.26. The van der Waals surface area contributed by atoms with Gasteiger partial charge in [0.25, 0.3) is 0 Å². The first-order valence-corrected chi connectivity index (χ1v) is 8.43. The molecule has 4 heteroatoms. The quantitative estimate of drug-likeness (QED) is 0.814. The molecule has 24 heavy (non-hydrogen) atoms. The van der Waals surface area contributed by atoms with Gasteiger partial charge in [-0.05, 0) is 13.0 Å². The van der Waals surface area contributed by atoms with Crippen LogP contribution in [0.25, 0.3) is 0 Å². The Hall–Kier alpha value is -2.17. The zero-order valence-corrected chi connectivity index (χ0v) is 13.8. The average molecular weight is 323 g/mol. The monoisotopic (exact) mass is 323 g/mol. The van der Waals surface area contributed by atoms with Gasteiger partial charge in [-0.3, -0.25) is 4.90 Å². The molecule has 0 saturated carbocycles. The fourth-order valence-corrected chi connectivity index (χ4v) is 3.91. The molecule has 2 aliphatic rings. The molecule has 0 bridgehead atoms. The van der Waals surface area contributed by atoms with Crippen molar-refractivity contribution in [1.82, 2.24) is 4.90 Å². The summed E-state index contributed by atoms with van der Waals surface area (Å²) in [5, 5.41) is 0. The van der Waals surface area contributed by atoms with Crippen LogP contribution in [-0.2, 0) is 15.1 Å². The molecule has 0 amide bonds. The van der Waals surface area contributed by atoms with E-state index >= 15 is 0 Å². The molecule has 0 unspecified atom stereocenters. The van der Waals surface area contributed by atoms with Crippen molar-refractivity contribution in [1.29, 1.82) is 0 Å². The number of ether oxygens (including phenoxy) is 2. The van der Waals surface area contributed by atoms with Crippen molar-refractivity contribution >= 4 is 5.97 Å². The van der Waals surface area contributed by atoms with Gasteiger partial charge in [0.15, 0.2) is 5.60 Å². The van der Waals surface area contributed by atoms with Crippen LogP contribution in [0.3, 0.4) is 0 Å². The molecule has 0 spiro atoms. The van der Waals surface area contributed by atoms with Crippen LogP contribution in [0.1, 0.15) is 28.4 Å². The molecule has 2 aromatic rings. The molecule has 4 nitrogen and oxygen atoms in total.